The number of rotatable bonds is 4. The van der Waals surface area contributed by atoms with Crippen molar-refractivity contribution in [1.82, 2.24) is 0 Å². The minimum absolute atomic E-state index is 0.331. The molecule has 0 aromatic heterocycles. The van der Waals surface area contributed by atoms with Gasteiger partial charge in [-0.25, -0.2) is 0 Å². The second-order valence-electron chi connectivity index (χ2n) is 4.17. The average molecular weight is 318 g/mol. The van der Waals surface area contributed by atoms with Crippen molar-refractivity contribution < 1.29 is 5.11 Å². The van der Waals surface area contributed by atoms with Crippen molar-refractivity contribution in [2.45, 2.75) is 39.2 Å². The monoisotopic (exact) mass is 318 g/mol. The van der Waals surface area contributed by atoms with Crippen LogP contribution in [0.3, 0.4) is 0 Å². The maximum atomic E-state index is 10.5. The Kier molecular flexibility index (Phi) is 4.59. The Bertz CT molecular complexity index is 299. The predicted molar refractivity (Wildman–Crippen MR) is 72.8 cm³/mol. The van der Waals surface area contributed by atoms with Crippen molar-refractivity contribution in [3.05, 3.63) is 33.4 Å². The maximum Gasteiger partial charge on any atom is 0.0896 e. The molecule has 1 N–H and O–H groups in total. The first kappa shape index (κ1) is 13.0. The number of benzene rings is 1. The van der Waals surface area contributed by atoms with Gasteiger partial charge in [-0.15, -0.1) is 0 Å². The van der Waals surface area contributed by atoms with Gasteiger partial charge in [-0.05, 0) is 53.1 Å². The van der Waals surface area contributed by atoms with E-state index in [9.17, 15) is 5.11 Å². The first-order valence-corrected chi connectivity index (χ1v) is 6.58. The van der Waals surface area contributed by atoms with E-state index in [1.807, 2.05) is 31.2 Å². The first-order valence-electron chi connectivity index (χ1n) is 5.50. The van der Waals surface area contributed by atoms with Crippen LogP contribution in [0.2, 0.25) is 0 Å². The predicted octanol–water partition coefficient (Wildman–Crippen LogP) is 3.93. The molecule has 0 saturated heterocycles. The van der Waals surface area contributed by atoms with Crippen molar-refractivity contribution in [3.8, 4) is 0 Å². The molecule has 0 heterocycles. The van der Waals surface area contributed by atoms with E-state index >= 15 is 0 Å². The lowest BCUT2D eigenvalue weighted by atomic mass is 9.80. The van der Waals surface area contributed by atoms with Crippen LogP contribution in [0.1, 0.15) is 39.2 Å². The molecule has 2 heteroatoms. The summed E-state index contributed by atoms with van der Waals surface area (Å²) in [4.78, 5) is 0. The van der Waals surface area contributed by atoms with E-state index in [4.69, 9.17) is 0 Å². The number of hydrogen-bond acceptors (Lipinski definition) is 1. The quantitative estimate of drug-likeness (QED) is 0.834. The number of halogens is 1. The average Bonchev–Trinajstić information content (AvgIpc) is 2.19. The van der Waals surface area contributed by atoms with Gasteiger partial charge >= 0.3 is 0 Å². The second-order valence-corrected chi connectivity index (χ2v) is 5.41. The molecule has 0 spiro atoms. The van der Waals surface area contributed by atoms with E-state index in [0.717, 1.165) is 18.4 Å². The molecular formula is C13H19IO. The lowest BCUT2D eigenvalue weighted by molar-refractivity contribution is -0.00950. The zero-order valence-electron chi connectivity index (χ0n) is 9.63. The molecule has 0 aliphatic rings. The van der Waals surface area contributed by atoms with Crippen LogP contribution in [-0.2, 0) is 5.60 Å². The van der Waals surface area contributed by atoms with Crippen LogP contribution < -0.4 is 0 Å². The Morgan fingerprint density at radius 3 is 2.07 bits per heavy atom. The molecule has 1 unspecified atom stereocenters. The zero-order chi connectivity index (χ0) is 11.5. The van der Waals surface area contributed by atoms with E-state index < -0.39 is 5.60 Å². The molecule has 0 fully saturated rings. The Morgan fingerprint density at radius 2 is 1.67 bits per heavy atom. The third-order valence-corrected chi connectivity index (χ3v) is 3.93. The SMILES string of the molecule is CCC(CC)C(C)(O)c1ccc(I)cc1. The van der Waals surface area contributed by atoms with Crippen LogP contribution in [-0.4, -0.2) is 5.11 Å². The highest BCUT2D eigenvalue weighted by molar-refractivity contribution is 14.1. The summed E-state index contributed by atoms with van der Waals surface area (Å²) in [5, 5.41) is 10.5. The fraction of sp³-hybridized carbons (Fsp3) is 0.538. The highest BCUT2D eigenvalue weighted by Gasteiger charge is 2.30. The molecule has 0 radical (unpaired) electrons. The molecule has 0 aliphatic carbocycles. The molecule has 0 amide bonds. The van der Waals surface area contributed by atoms with Gasteiger partial charge in [-0.2, -0.15) is 0 Å². The van der Waals surface area contributed by atoms with Gasteiger partial charge in [-0.1, -0.05) is 38.8 Å². The summed E-state index contributed by atoms with van der Waals surface area (Å²) in [6.45, 7) is 6.19. The maximum absolute atomic E-state index is 10.5. The van der Waals surface area contributed by atoms with E-state index in [0.29, 0.717) is 5.92 Å². The van der Waals surface area contributed by atoms with Crippen molar-refractivity contribution in [1.29, 1.82) is 0 Å². The lowest BCUT2D eigenvalue weighted by Crippen LogP contribution is -2.31. The standard InChI is InChI=1S/C13H19IO/c1-4-10(5-2)13(3,15)11-6-8-12(14)9-7-11/h6-10,15H,4-5H2,1-3H3. The molecule has 1 atom stereocenters. The van der Waals surface area contributed by atoms with Gasteiger partial charge in [-0.3, -0.25) is 0 Å². The van der Waals surface area contributed by atoms with Crippen LogP contribution in [0.4, 0.5) is 0 Å². The topological polar surface area (TPSA) is 20.2 Å². The van der Waals surface area contributed by atoms with Gasteiger partial charge in [0.15, 0.2) is 0 Å². The molecule has 1 nitrogen and oxygen atoms in total. The summed E-state index contributed by atoms with van der Waals surface area (Å²) in [5.74, 6) is 0.331. The van der Waals surface area contributed by atoms with Gasteiger partial charge in [0.2, 0.25) is 0 Å². The summed E-state index contributed by atoms with van der Waals surface area (Å²) in [7, 11) is 0. The Morgan fingerprint density at radius 1 is 1.20 bits per heavy atom. The Hall–Kier alpha value is -0.0900. The van der Waals surface area contributed by atoms with Crippen LogP contribution in [0.5, 0.6) is 0 Å². The molecular weight excluding hydrogens is 299 g/mol. The fourth-order valence-corrected chi connectivity index (χ4v) is 2.47. The highest BCUT2D eigenvalue weighted by atomic mass is 127. The van der Waals surface area contributed by atoms with Crippen LogP contribution in [0.15, 0.2) is 24.3 Å². The van der Waals surface area contributed by atoms with Gasteiger partial charge < -0.3 is 5.11 Å². The summed E-state index contributed by atoms with van der Waals surface area (Å²) >= 11 is 2.28. The molecule has 84 valence electrons. The van der Waals surface area contributed by atoms with E-state index in [-0.39, 0.29) is 0 Å². The minimum Gasteiger partial charge on any atom is -0.385 e. The second kappa shape index (κ2) is 5.30. The molecule has 15 heavy (non-hydrogen) atoms. The zero-order valence-corrected chi connectivity index (χ0v) is 11.8. The van der Waals surface area contributed by atoms with Crippen LogP contribution >= 0.6 is 22.6 Å². The number of hydrogen-bond donors (Lipinski definition) is 1. The third-order valence-electron chi connectivity index (χ3n) is 3.21. The van der Waals surface area contributed by atoms with Crippen molar-refractivity contribution in [2.75, 3.05) is 0 Å². The molecule has 1 aromatic rings. The Labute approximate surface area is 106 Å². The molecule has 0 saturated carbocycles. The van der Waals surface area contributed by atoms with E-state index in [2.05, 4.69) is 36.4 Å². The van der Waals surface area contributed by atoms with Crippen molar-refractivity contribution >= 4 is 22.6 Å². The van der Waals surface area contributed by atoms with Crippen molar-refractivity contribution in [3.63, 3.8) is 0 Å². The van der Waals surface area contributed by atoms with Crippen LogP contribution in [0, 0.1) is 9.49 Å². The van der Waals surface area contributed by atoms with Crippen molar-refractivity contribution in [2.24, 2.45) is 5.92 Å². The lowest BCUT2D eigenvalue weighted by Gasteiger charge is -2.32. The molecule has 1 rings (SSSR count). The number of aliphatic hydroxyl groups is 1. The first-order chi connectivity index (χ1) is 7.02. The van der Waals surface area contributed by atoms with Gasteiger partial charge in [0.1, 0.15) is 0 Å². The summed E-state index contributed by atoms with van der Waals surface area (Å²) in [5.41, 5.74) is 0.324. The molecule has 1 aromatic carbocycles. The van der Waals surface area contributed by atoms with E-state index in [1.165, 1.54) is 3.57 Å². The van der Waals surface area contributed by atoms with E-state index in [1.54, 1.807) is 0 Å². The largest absolute Gasteiger partial charge is 0.385 e. The van der Waals surface area contributed by atoms with Gasteiger partial charge in [0.25, 0.3) is 0 Å². The van der Waals surface area contributed by atoms with Crippen LogP contribution in [0.25, 0.3) is 0 Å². The highest BCUT2D eigenvalue weighted by Crippen LogP contribution is 2.33. The summed E-state index contributed by atoms with van der Waals surface area (Å²) in [6, 6.07) is 8.15. The van der Waals surface area contributed by atoms with Gasteiger partial charge in [0.05, 0.1) is 5.60 Å². The van der Waals surface area contributed by atoms with Gasteiger partial charge in [0, 0.05) is 3.57 Å². The summed E-state index contributed by atoms with van der Waals surface area (Å²) < 4.78 is 1.21. The minimum atomic E-state index is -0.701. The molecule has 0 bridgehead atoms. The molecule has 0 aliphatic heterocycles. The summed E-state index contributed by atoms with van der Waals surface area (Å²) in [6.07, 6.45) is 2.02. The smallest absolute Gasteiger partial charge is 0.0896 e. The third kappa shape index (κ3) is 2.94. The Balaban J connectivity index is 2.98. The normalized spacial score (nSPS) is 15.3. The fourth-order valence-electron chi connectivity index (χ4n) is 2.11.